The largest absolute Gasteiger partial charge is 0.393 e. The van der Waals surface area contributed by atoms with Crippen LogP contribution < -0.4 is 5.32 Å². The van der Waals surface area contributed by atoms with E-state index in [1.165, 1.54) is 0 Å². The van der Waals surface area contributed by atoms with Crippen molar-refractivity contribution in [1.29, 1.82) is 0 Å². The van der Waals surface area contributed by atoms with E-state index in [4.69, 9.17) is 4.74 Å². The number of nitrogens with zero attached hydrogens (tertiary/aromatic N) is 2. The Morgan fingerprint density at radius 1 is 1.12 bits per heavy atom. The molecule has 0 aliphatic carbocycles. The van der Waals surface area contributed by atoms with Crippen LogP contribution in [0.2, 0.25) is 0 Å². The van der Waals surface area contributed by atoms with E-state index < -0.39 is 18.2 Å². The molecule has 4 rings (SSSR count). The number of aliphatic hydroxyl groups is 3. The summed E-state index contributed by atoms with van der Waals surface area (Å²) in [5, 5.41) is 32.8. The molecule has 172 valence electrons. The molecule has 3 aromatic rings. The third-order valence-electron chi connectivity index (χ3n) is 5.80. The summed E-state index contributed by atoms with van der Waals surface area (Å²) in [6, 6.07) is 15.6. The van der Waals surface area contributed by atoms with Crippen molar-refractivity contribution >= 4 is 5.69 Å². The van der Waals surface area contributed by atoms with Gasteiger partial charge in [0.05, 0.1) is 25.9 Å². The Bertz CT molecular complexity index is 1100. The van der Waals surface area contributed by atoms with Crippen LogP contribution in [0.3, 0.4) is 0 Å². The van der Waals surface area contributed by atoms with Gasteiger partial charge in [-0.1, -0.05) is 36.1 Å². The van der Waals surface area contributed by atoms with Crippen LogP contribution in [0.25, 0.3) is 11.1 Å². The maximum absolute atomic E-state index is 9.85. The number of benzene rings is 2. The predicted molar refractivity (Wildman–Crippen MR) is 127 cm³/mol. The predicted octanol–water partition coefficient (Wildman–Crippen LogP) is 2.61. The Kier molecular flexibility index (Phi) is 7.43. The summed E-state index contributed by atoms with van der Waals surface area (Å²) in [6.07, 6.45) is 2.17. The number of anilines is 1. The molecule has 2 heterocycles. The van der Waals surface area contributed by atoms with Crippen molar-refractivity contribution in [2.24, 2.45) is 5.92 Å². The van der Waals surface area contributed by atoms with Crippen LogP contribution in [-0.2, 0) is 4.74 Å². The highest BCUT2D eigenvalue weighted by molar-refractivity contribution is 5.66. The van der Waals surface area contributed by atoms with Crippen LogP contribution in [-0.4, -0.2) is 57.3 Å². The van der Waals surface area contributed by atoms with Gasteiger partial charge in [-0.2, -0.15) is 0 Å². The van der Waals surface area contributed by atoms with Crippen LogP contribution in [0.5, 0.6) is 0 Å². The molecule has 2 aromatic carbocycles. The molecule has 1 saturated heterocycles. The second-order valence-electron chi connectivity index (χ2n) is 8.24. The summed E-state index contributed by atoms with van der Waals surface area (Å²) in [4.78, 5) is 4.14. The lowest BCUT2D eigenvalue weighted by molar-refractivity contribution is 0.120. The molecule has 0 radical (unpaired) electrons. The minimum atomic E-state index is -0.736. The van der Waals surface area contributed by atoms with Crippen molar-refractivity contribution in [3.05, 3.63) is 72.3 Å². The van der Waals surface area contributed by atoms with Gasteiger partial charge in [-0.15, -0.1) is 0 Å². The Balaban J connectivity index is 1.39. The minimum absolute atomic E-state index is 0.121. The summed E-state index contributed by atoms with van der Waals surface area (Å²) in [5.41, 5.74) is 4.02. The van der Waals surface area contributed by atoms with E-state index in [1.807, 2.05) is 36.4 Å². The first kappa shape index (κ1) is 23.0. The van der Waals surface area contributed by atoms with E-state index in [1.54, 1.807) is 23.9 Å². The van der Waals surface area contributed by atoms with Gasteiger partial charge in [0.1, 0.15) is 18.0 Å². The van der Waals surface area contributed by atoms with Gasteiger partial charge in [0.15, 0.2) is 0 Å². The van der Waals surface area contributed by atoms with Crippen molar-refractivity contribution in [1.82, 2.24) is 9.55 Å². The summed E-state index contributed by atoms with van der Waals surface area (Å²) in [7, 11) is 0. The normalized spacial score (nSPS) is 19.5. The minimum Gasteiger partial charge on any atom is -0.393 e. The van der Waals surface area contributed by atoms with E-state index in [-0.39, 0.29) is 12.5 Å². The molecule has 1 unspecified atom stereocenters. The maximum atomic E-state index is 9.85. The quantitative estimate of drug-likeness (QED) is 0.416. The highest BCUT2D eigenvalue weighted by atomic mass is 16.5. The molecule has 1 aromatic heterocycles. The third-order valence-corrected chi connectivity index (χ3v) is 5.80. The number of ether oxygens (including phenoxy) is 1. The van der Waals surface area contributed by atoms with E-state index in [2.05, 4.69) is 34.3 Å². The summed E-state index contributed by atoms with van der Waals surface area (Å²) in [6.45, 7) is 3.15. The molecule has 0 saturated carbocycles. The molecule has 4 N–H and O–H groups in total. The fourth-order valence-corrected chi connectivity index (χ4v) is 3.84. The zero-order chi connectivity index (χ0) is 23.2. The maximum Gasteiger partial charge on any atom is 0.138 e. The third kappa shape index (κ3) is 5.62. The molecule has 1 aliphatic heterocycles. The van der Waals surface area contributed by atoms with Crippen molar-refractivity contribution in [3.8, 4) is 23.0 Å². The molecular formula is C26H29N3O4. The number of hydrogen-bond donors (Lipinski definition) is 4. The fourth-order valence-electron chi connectivity index (χ4n) is 3.84. The van der Waals surface area contributed by atoms with E-state index in [9.17, 15) is 15.3 Å². The van der Waals surface area contributed by atoms with E-state index in [0.717, 1.165) is 22.4 Å². The Hall–Kier alpha value is -3.15. The van der Waals surface area contributed by atoms with Crippen molar-refractivity contribution < 1.29 is 20.1 Å². The molecule has 1 aliphatic rings. The summed E-state index contributed by atoms with van der Waals surface area (Å²) in [5.74, 6) is 6.77. The Morgan fingerprint density at radius 2 is 1.82 bits per heavy atom. The number of rotatable bonds is 7. The van der Waals surface area contributed by atoms with Gasteiger partial charge >= 0.3 is 0 Å². The lowest BCUT2D eigenvalue weighted by Crippen LogP contribution is -2.25. The summed E-state index contributed by atoms with van der Waals surface area (Å²) >= 11 is 0. The molecule has 7 nitrogen and oxygen atoms in total. The van der Waals surface area contributed by atoms with Gasteiger partial charge in [-0.25, -0.2) is 4.98 Å². The fraction of sp³-hybridized carbons (Fsp3) is 0.346. The van der Waals surface area contributed by atoms with Crippen LogP contribution in [0.15, 0.2) is 60.9 Å². The van der Waals surface area contributed by atoms with Gasteiger partial charge < -0.3 is 29.9 Å². The lowest BCUT2D eigenvalue weighted by atomic mass is 10.0. The average Bonchev–Trinajstić information content (AvgIpc) is 3.48. The van der Waals surface area contributed by atoms with E-state index >= 15 is 0 Å². The van der Waals surface area contributed by atoms with Gasteiger partial charge in [-0.3, -0.25) is 0 Å². The van der Waals surface area contributed by atoms with Gasteiger partial charge in [0, 0.05) is 36.1 Å². The smallest absolute Gasteiger partial charge is 0.138 e. The standard InChI is InChI=1S/C26H29N3O4/c1-18(31)26-27-12-13-29(26)24(15-30)11-4-19-2-5-20(6-3-19)21-7-9-23(10-8-21)28-14-22-16-33-17-25(22)32/h2-3,5-10,12-13,18,22,24-25,28,30-32H,14-17H2,1H3/t18-,22+,24?,25+/m0/s1. The highest BCUT2D eigenvalue weighted by Gasteiger charge is 2.25. The number of imidazole rings is 1. The number of hydrogen-bond acceptors (Lipinski definition) is 6. The molecule has 7 heteroatoms. The van der Waals surface area contributed by atoms with Crippen molar-refractivity contribution in [3.63, 3.8) is 0 Å². The van der Waals surface area contributed by atoms with Crippen LogP contribution >= 0.6 is 0 Å². The molecule has 0 bridgehead atoms. The SMILES string of the molecule is C[C@H](O)c1nccn1C(C#Cc1ccc(-c2ccc(NC[C@@H]3COC[C@H]3O)cc2)cc1)CO. The Labute approximate surface area is 193 Å². The topological polar surface area (TPSA) is 99.8 Å². The monoisotopic (exact) mass is 447 g/mol. The molecule has 4 atom stereocenters. The number of nitrogens with one attached hydrogen (secondary N) is 1. The summed E-state index contributed by atoms with van der Waals surface area (Å²) < 4.78 is 6.98. The highest BCUT2D eigenvalue weighted by Crippen LogP contribution is 2.23. The molecule has 33 heavy (non-hydrogen) atoms. The first-order valence-electron chi connectivity index (χ1n) is 11.1. The first-order valence-corrected chi connectivity index (χ1v) is 11.1. The number of aliphatic hydroxyl groups excluding tert-OH is 3. The van der Waals surface area contributed by atoms with Gasteiger partial charge in [-0.05, 0) is 42.3 Å². The average molecular weight is 448 g/mol. The van der Waals surface area contributed by atoms with Crippen molar-refractivity contribution in [2.45, 2.75) is 25.2 Å². The molecule has 0 spiro atoms. The van der Waals surface area contributed by atoms with Gasteiger partial charge in [0.25, 0.3) is 0 Å². The molecule has 1 fully saturated rings. The lowest BCUT2D eigenvalue weighted by Gasteiger charge is -2.14. The molecular weight excluding hydrogens is 418 g/mol. The van der Waals surface area contributed by atoms with Crippen LogP contribution in [0, 0.1) is 17.8 Å². The Morgan fingerprint density at radius 3 is 2.42 bits per heavy atom. The first-order chi connectivity index (χ1) is 16.0. The second kappa shape index (κ2) is 10.6. The van der Waals surface area contributed by atoms with Gasteiger partial charge in [0.2, 0.25) is 0 Å². The zero-order valence-corrected chi connectivity index (χ0v) is 18.6. The zero-order valence-electron chi connectivity index (χ0n) is 18.6. The second-order valence-corrected chi connectivity index (χ2v) is 8.24. The molecule has 0 amide bonds. The number of aromatic nitrogens is 2. The van der Waals surface area contributed by atoms with Crippen LogP contribution in [0.1, 0.15) is 30.5 Å². The van der Waals surface area contributed by atoms with Crippen LogP contribution in [0.4, 0.5) is 5.69 Å². The van der Waals surface area contributed by atoms with Crippen molar-refractivity contribution in [2.75, 3.05) is 31.7 Å². The van der Waals surface area contributed by atoms with E-state index in [0.29, 0.717) is 25.6 Å².